The molecule has 0 aromatic rings. The van der Waals surface area contributed by atoms with Gasteiger partial charge in [-0.05, 0) is 6.92 Å². The van der Waals surface area contributed by atoms with E-state index in [0.29, 0.717) is 26.2 Å². The summed E-state index contributed by atoms with van der Waals surface area (Å²) >= 11 is 5.43. The molecule has 0 bridgehead atoms. The van der Waals surface area contributed by atoms with E-state index in [0.717, 1.165) is 0 Å². The maximum atomic E-state index is 11.8. The van der Waals surface area contributed by atoms with Crippen LogP contribution in [-0.2, 0) is 14.3 Å². The Balaban J connectivity index is 2.30. The first-order valence-electron chi connectivity index (χ1n) is 6.29. The smallest absolute Gasteiger partial charge is 0.409 e. The molecule has 0 spiro atoms. The molecule has 0 saturated carbocycles. The number of ether oxygens (including phenoxy) is 1. The second-order valence-corrected chi connectivity index (χ2v) is 4.75. The van der Waals surface area contributed by atoms with E-state index in [1.54, 1.807) is 9.80 Å². The first kappa shape index (κ1) is 15.8. The number of amides is 2. The van der Waals surface area contributed by atoms with Crippen LogP contribution in [0.3, 0.4) is 0 Å². The number of carbonyl (C=O) groups excluding carboxylic acids is 3. The van der Waals surface area contributed by atoms with Gasteiger partial charge >= 0.3 is 6.09 Å². The van der Waals surface area contributed by atoms with Crippen molar-refractivity contribution < 1.29 is 19.1 Å². The number of halogens is 1. The van der Waals surface area contributed by atoms with E-state index >= 15 is 0 Å². The highest BCUT2D eigenvalue weighted by Crippen LogP contribution is 2.07. The zero-order valence-corrected chi connectivity index (χ0v) is 11.8. The van der Waals surface area contributed by atoms with Crippen molar-refractivity contribution in [1.82, 2.24) is 9.80 Å². The SMILES string of the molecule is CC(=O)CCC(=O)N1CCN(C(=O)OCCCl)CC1. The van der Waals surface area contributed by atoms with E-state index in [-0.39, 0.29) is 37.0 Å². The van der Waals surface area contributed by atoms with E-state index in [1.165, 1.54) is 6.92 Å². The van der Waals surface area contributed by atoms with Crippen LogP contribution in [0.25, 0.3) is 0 Å². The second kappa shape index (κ2) is 7.99. The largest absolute Gasteiger partial charge is 0.448 e. The summed E-state index contributed by atoms with van der Waals surface area (Å²) in [6.07, 6.45) is 0.125. The number of hydrogen-bond donors (Lipinski definition) is 0. The summed E-state index contributed by atoms with van der Waals surface area (Å²) in [5, 5.41) is 0. The highest BCUT2D eigenvalue weighted by molar-refractivity contribution is 6.18. The normalized spacial score (nSPS) is 15.3. The Hall–Kier alpha value is -1.30. The molecule has 0 aromatic carbocycles. The van der Waals surface area contributed by atoms with Gasteiger partial charge in [0, 0.05) is 39.0 Å². The molecule has 2 amide bonds. The maximum Gasteiger partial charge on any atom is 0.409 e. The maximum absolute atomic E-state index is 11.8. The quantitative estimate of drug-likeness (QED) is 0.705. The summed E-state index contributed by atoms with van der Waals surface area (Å²) < 4.78 is 4.91. The molecule has 0 N–H and O–H groups in total. The van der Waals surface area contributed by atoms with Gasteiger partial charge in [-0.25, -0.2) is 4.79 Å². The Kier molecular flexibility index (Phi) is 6.62. The minimum atomic E-state index is -0.392. The molecule has 0 radical (unpaired) electrons. The van der Waals surface area contributed by atoms with Gasteiger partial charge in [-0.2, -0.15) is 0 Å². The third kappa shape index (κ3) is 5.46. The average molecular weight is 291 g/mol. The molecule has 7 heteroatoms. The van der Waals surface area contributed by atoms with Crippen molar-refractivity contribution in [2.75, 3.05) is 38.7 Å². The van der Waals surface area contributed by atoms with Gasteiger partial charge < -0.3 is 19.3 Å². The van der Waals surface area contributed by atoms with Gasteiger partial charge in [0.2, 0.25) is 5.91 Å². The van der Waals surface area contributed by atoms with Crippen molar-refractivity contribution in [3.05, 3.63) is 0 Å². The number of rotatable bonds is 5. The molecular weight excluding hydrogens is 272 g/mol. The summed E-state index contributed by atoms with van der Waals surface area (Å²) in [7, 11) is 0. The summed E-state index contributed by atoms with van der Waals surface area (Å²) in [6, 6.07) is 0. The fourth-order valence-corrected chi connectivity index (χ4v) is 1.87. The summed E-state index contributed by atoms with van der Waals surface area (Å²) in [5.74, 6) is 0.246. The Morgan fingerprint density at radius 2 is 1.63 bits per heavy atom. The van der Waals surface area contributed by atoms with Crippen LogP contribution in [0.1, 0.15) is 19.8 Å². The van der Waals surface area contributed by atoms with Crippen LogP contribution in [0, 0.1) is 0 Å². The fraction of sp³-hybridized carbons (Fsp3) is 0.750. The van der Waals surface area contributed by atoms with Crippen LogP contribution in [-0.4, -0.2) is 66.2 Å². The molecule has 1 fully saturated rings. The zero-order chi connectivity index (χ0) is 14.3. The number of alkyl halides is 1. The van der Waals surface area contributed by atoms with Gasteiger partial charge in [-0.3, -0.25) is 4.79 Å². The zero-order valence-electron chi connectivity index (χ0n) is 11.1. The highest BCUT2D eigenvalue weighted by atomic mass is 35.5. The molecule has 0 atom stereocenters. The minimum Gasteiger partial charge on any atom is -0.448 e. The molecule has 108 valence electrons. The predicted octanol–water partition coefficient (Wildman–Crippen LogP) is 0.875. The predicted molar refractivity (Wildman–Crippen MR) is 70.1 cm³/mol. The van der Waals surface area contributed by atoms with E-state index in [4.69, 9.17) is 16.3 Å². The second-order valence-electron chi connectivity index (χ2n) is 4.37. The molecule has 0 aromatic heterocycles. The van der Waals surface area contributed by atoms with Gasteiger partial charge in [-0.15, -0.1) is 11.6 Å². The fourth-order valence-electron chi connectivity index (χ4n) is 1.80. The lowest BCUT2D eigenvalue weighted by Gasteiger charge is -2.34. The standard InChI is InChI=1S/C12H19ClN2O4/c1-10(16)2-3-11(17)14-5-7-15(8-6-14)12(18)19-9-4-13/h2-9H2,1H3. The van der Waals surface area contributed by atoms with Crippen molar-refractivity contribution in [2.24, 2.45) is 0 Å². The number of hydrogen-bond acceptors (Lipinski definition) is 4. The lowest BCUT2D eigenvalue weighted by molar-refractivity contribution is -0.134. The molecule has 1 aliphatic rings. The topological polar surface area (TPSA) is 66.9 Å². The monoisotopic (exact) mass is 290 g/mol. The van der Waals surface area contributed by atoms with Crippen molar-refractivity contribution in [1.29, 1.82) is 0 Å². The van der Waals surface area contributed by atoms with Crippen molar-refractivity contribution in [3.8, 4) is 0 Å². The molecule has 1 rings (SSSR count). The van der Waals surface area contributed by atoms with Crippen LogP contribution in [0.5, 0.6) is 0 Å². The number of carbonyl (C=O) groups is 3. The van der Waals surface area contributed by atoms with E-state index in [1.807, 2.05) is 0 Å². The Bertz CT molecular complexity index is 341. The first-order valence-corrected chi connectivity index (χ1v) is 6.83. The summed E-state index contributed by atoms with van der Waals surface area (Å²) in [5.41, 5.74) is 0. The lowest BCUT2D eigenvalue weighted by atomic mass is 10.2. The molecular formula is C12H19ClN2O4. The molecule has 19 heavy (non-hydrogen) atoms. The molecule has 1 aliphatic heterocycles. The molecule has 6 nitrogen and oxygen atoms in total. The van der Waals surface area contributed by atoms with Crippen LogP contribution < -0.4 is 0 Å². The van der Waals surface area contributed by atoms with E-state index < -0.39 is 6.09 Å². The number of piperazine rings is 1. The highest BCUT2D eigenvalue weighted by Gasteiger charge is 2.24. The summed E-state index contributed by atoms with van der Waals surface area (Å²) in [4.78, 5) is 37.4. The van der Waals surface area contributed by atoms with Gasteiger partial charge in [0.25, 0.3) is 0 Å². The van der Waals surface area contributed by atoms with Crippen molar-refractivity contribution in [2.45, 2.75) is 19.8 Å². The van der Waals surface area contributed by atoms with Gasteiger partial charge in [0.05, 0.1) is 5.88 Å². The minimum absolute atomic E-state index is 0.0108. The molecule has 0 unspecified atom stereocenters. The van der Waals surface area contributed by atoms with Crippen molar-refractivity contribution in [3.63, 3.8) is 0 Å². The Morgan fingerprint density at radius 3 is 2.16 bits per heavy atom. The van der Waals surface area contributed by atoms with Gasteiger partial charge in [0.1, 0.15) is 12.4 Å². The number of nitrogens with zero attached hydrogens (tertiary/aromatic N) is 2. The van der Waals surface area contributed by atoms with Crippen LogP contribution >= 0.6 is 11.6 Å². The lowest BCUT2D eigenvalue weighted by Crippen LogP contribution is -2.50. The number of Topliss-reactive ketones (excluding diaryl/α,β-unsaturated/α-hetero) is 1. The van der Waals surface area contributed by atoms with Crippen LogP contribution in [0.2, 0.25) is 0 Å². The summed E-state index contributed by atoms with van der Waals surface area (Å²) in [6.45, 7) is 3.52. The van der Waals surface area contributed by atoms with Gasteiger partial charge in [-0.1, -0.05) is 0 Å². The Morgan fingerprint density at radius 1 is 1.05 bits per heavy atom. The Labute approximate surface area is 117 Å². The van der Waals surface area contributed by atoms with Crippen LogP contribution in [0.15, 0.2) is 0 Å². The number of ketones is 1. The first-order chi connectivity index (χ1) is 9.04. The average Bonchev–Trinajstić information content (AvgIpc) is 2.42. The van der Waals surface area contributed by atoms with E-state index in [2.05, 4.69) is 0 Å². The van der Waals surface area contributed by atoms with Crippen LogP contribution in [0.4, 0.5) is 4.79 Å². The van der Waals surface area contributed by atoms with Crippen molar-refractivity contribution >= 4 is 29.4 Å². The molecule has 1 saturated heterocycles. The third-order valence-electron chi connectivity index (χ3n) is 2.88. The molecule has 1 heterocycles. The third-order valence-corrected chi connectivity index (χ3v) is 3.04. The van der Waals surface area contributed by atoms with Gasteiger partial charge in [0.15, 0.2) is 0 Å². The van der Waals surface area contributed by atoms with E-state index in [9.17, 15) is 14.4 Å². The molecule has 0 aliphatic carbocycles.